The number of nitrogens with one attached hydrogen (secondary N) is 1. The fourth-order valence-electron chi connectivity index (χ4n) is 7.37. The number of amides is 2. The summed E-state index contributed by atoms with van der Waals surface area (Å²) in [5.74, 6) is 0.0128. The van der Waals surface area contributed by atoms with Crippen LogP contribution in [0.4, 0.5) is 5.69 Å². The Morgan fingerprint density at radius 2 is 2.04 bits per heavy atom. The van der Waals surface area contributed by atoms with E-state index in [1.54, 1.807) is 13.2 Å². The summed E-state index contributed by atoms with van der Waals surface area (Å²) in [5, 5.41) is 10.3. The van der Waals surface area contributed by atoms with Gasteiger partial charge in [0.05, 0.1) is 24.2 Å². The van der Waals surface area contributed by atoms with Crippen molar-refractivity contribution in [3.63, 3.8) is 0 Å². The van der Waals surface area contributed by atoms with E-state index >= 15 is 0 Å². The highest BCUT2D eigenvalue weighted by Crippen LogP contribution is 2.45. The zero-order valence-electron chi connectivity index (χ0n) is 29.2. The molecule has 5 atom stereocenters. The fourth-order valence-corrected chi connectivity index (χ4v) is 9.91. The van der Waals surface area contributed by atoms with Gasteiger partial charge in [0.1, 0.15) is 25.7 Å². The molecule has 0 saturated carbocycles. The van der Waals surface area contributed by atoms with Gasteiger partial charge in [0.2, 0.25) is 5.91 Å². The van der Waals surface area contributed by atoms with Crippen molar-refractivity contribution in [3.8, 4) is 5.75 Å². The molecule has 50 heavy (non-hydrogen) atoms. The summed E-state index contributed by atoms with van der Waals surface area (Å²) in [6, 6.07) is 11.5. The molecule has 1 spiro atoms. The highest BCUT2D eigenvalue weighted by atomic mass is 35.5. The molecule has 1 N–H and O–H groups in total. The quantitative estimate of drug-likeness (QED) is 0.281. The molecule has 0 fully saturated rings. The van der Waals surface area contributed by atoms with Crippen LogP contribution in [-0.4, -0.2) is 64.9 Å². The van der Waals surface area contributed by atoms with Crippen molar-refractivity contribution >= 4 is 50.4 Å². The molecule has 268 valence electrons. The molecule has 3 aliphatic rings. The number of methoxy groups -OCH3 is 1. The van der Waals surface area contributed by atoms with Crippen LogP contribution in [0.15, 0.2) is 52.9 Å². The lowest BCUT2D eigenvalue weighted by Crippen LogP contribution is -2.47. The number of nitrogens with zero attached hydrogens (tertiary/aromatic N) is 4. The van der Waals surface area contributed by atoms with E-state index in [0.717, 1.165) is 40.0 Å². The van der Waals surface area contributed by atoms with Gasteiger partial charge in [-0.3, -0.25) is 14.3 Å². The number of hydrogen-bond donors (Lipinski definition) is 1. The van der Waals surface area contributed by atoms with Crippen LogP contribution in [-0.2, 0) is 37.7 Å². The minimum absolute atomic E-state index is 0.0302. The van der Waals surface area contributed by atoms with E-state index in [9.17, 15) is 13.8 Å². The summed E-state index contributed by atoms with van der Waals surface area (Å²) in [5.41, 5.74) is 3.32. The maximum absolute atomic E-state index is 14.2. The number of aryl methyl sites for hydroxylation is 3. The number of ether oxygens (including phenoxy) is 2. The van der Waals surface area contributed by atoms with Crippen LogP contribution < -0.4 is 14.4 Å². The second kappa shape index (κ2) is 15.5. The van der Waals surface area contributed by atoms with Crippen LogP contribution in [0.25, 0.3) is 0 Å². The molecule has 13 heteroatoms. The number of rotatable bonds is 5. The van der Waals surface area contributed by atoms with Crippen molar-refractivity contribution in [2.45, 2.75) is 77.2 Å². The molecule has 2 aliphatic heterocycles. The number of hydrogen-bond acceptors (Lipinski definition) is 9. The zero-order valence-corrected chi connectivity index (χ0v) is 31.5. The Morgan fingerprint density at radius 3 is 2.82 bits per heavy atom. The van der Waals surface area contributed by atoms with Gasteiger partial charge in [-0.2, -0.15) is 0 Å². The van der Waals surface area contributed by atoms with Gasteiger partial charge < -0.3 is 14.4 Å². The van der Waals surface area contributed by atoms with Gasteiger partial charge >= 0.3 is 0 Å². The van der Waals surface area contributed by atoms with Crippen LogP contribution in [0.2, 0.25) is 5.02 Å². The van der Waals surface area contributed by atoms with E-state index in [4.69, 9.17) is 21.1 Å². The van der Waals surface area contributed by atoms with Gasteiger partial charge in [0, 0.05) is 49.0 Å². The van der Waals surface area contributed by atoms with E-state index in [2.05, 4.69) is 56.2 Å². The molecule has 2 bridgehead atoms. The number of aromatic nitrogens is 2. The Bertz CT molecular complexity index is 1890. The summed E-state index contributed by atoms with van der Waals surface area (Å²) in [6.45, 7) is 8.18. The first kappa shape index (κ1) is 36.5. The first-order valence-electron chi connectivity index (χ1n) is 17.4. The standard InChI is InChI=1S/C37H46ClN5O5S2/c1-24-21-43-22-37(17-8-9-27-19-29(38)12-13-30(27)37)23-48-33-14-11-28(20-31(33)43)36(45)42-50(46,18-7-5-6-10-32(47-4)25(24)2)41-34(44)15-16-35-40-39-26(3)49-35/h6,10-14,19-20,24-25,32H,5,7-9,15-18,21-23H2,1-4H3,(H,41,42,44,45,46)/b10-6-/t24-,25+,32-,37-,50?/m0/s1. The number of fused-ring (bicyclic) bond motifs is 3. The molecule has 1 aromatic heterocycles. The van der Waals surface area contributed by atoms with Gasteiger partial charge in [-0.1, -0.05) is 43.7 Å². The lowest BCUT2D eigenvalue weighted by atomic mass is 9.70. The number of allylic oxidation sites excluding steroid dienone is 1. The molecule has 10 nitrogen and oxygen atoms in total. The molecular formula is C37H46ClN5O5S2. The third kappa shape index (κ3) is 8.25. The van der Waals surface area contributed by atoms with Crippen LogP contribution in [0.3, 0.4) is 0 Å². The number of benzene rings is 2. The lowest BCUT2D eigenvalue weighted by molar-refractivity contribution is -0.119. The van der Waals surface area contributed by atoms with Gasteiger partial charge in [0.25, 0.3) is 5.91 Å². The predicted octanol–water partition coefficient (Wildman–Crippen LogP) is 6.88. The number of carbonyl (C=O) groups excluding carboxylic acids is 2. The largest absolute Gasteiger partial charge is 0.490 e. The first-order valence-corrected chi connectivity index (χ1v) is 20.2. The second-order valence-electron chi connectivity index (χ2n) is 13.9. The Hall–Kier alpha value is -3.32. The molecule has 0 radical (unpaired) electrons. The topological polar surface area (TPSA) is 123 Å². The third-order valence-corrected chi connectivity index (χ3v) is 13.2. The fraction of sp³-hybridized carbons (Fsp3) is 0.514. The van der Waals surface area contributed by atoms with Gasteiger partial charge in [-0.15, -0.1) is 25.9 Å². The Kier molecular flexibility index (Phi) is 11.3. The number of halogens is 1. The molecular weight excluding hydrogens is 694 g/mol. The number of anilines is 1. The van der Waals surface area contributed by atoms with Crippen molar-refractivity contribution in [3.05, 3.63) is 80.3 Å². The zero-order chi connectivity index (χ0) is 35.5. The molecule has 3 aromatic rings. The first-order chi connectivity index (χ1) is 24.0. The smallest absolute Gasteiger partial charge is 0.286 e. The van der Waals surface area contributed by atoms with Crippen molar-refractivity contribution in [2.24, 2.45) is 16.2 Å². The number of carbonyl (C=O) groups is 2. The van der Waals surface area contributed by atoms with E-state index in [0.29, 0.717) is 44.7 Å². The SMILES string of the molecule is CO[C@H]1/C=C\CCCS(=O)(NC(=O)CCc2nnc(C)s2)=NC(=O)c2ccc3c(c2)N(C[C@H](C)[C@H]1C)C[C@@]1(CCCc2cc(Cl)ccc21)CO3. The van der Waals surface area contributed by atoms with E-state index < -0.39 is 21.7 Å². The van der Waals surface area contributed by atoms with E-state index in [1.165, 1.54) is 22.5 Å². The molecule has 1 unspecified atom stereocenters. The maximum atomic E-state index is 14.2. The highest BCUT2D eigenvalue weighted by Gasteiger charge is 2.42. The van der Waals surface area contributed by atoms with Gasteiger partial charge in [-0.05, 0) is 92.3 Å². The Labute approximate surface area is 304 Å². The van der Waals surface area contributed by atoms with Crippen molar-refractivity contribution in [1.82, 2.24) is 14.9 Å². The van der Waals surface area contributed by atoms with Gasteiger partial charge in [-0.25, -0.2) is 4.21 Å². The molecule has 1 aliphatic carbocycles. The van der Waals surface area contributed by atoms with Crippen molar-refractivity contribution < 1.29 is 23.3 Å². The third-order valence-electron chi connectivity index (χ3n) is 10.2. The Morgan fingerprint density at radius 1 is 1.20 bits per heavy atom. The van der Waals surface area contributed by atoms with Crippen molar-refractivity contribution in [2.75, 3.05) is 37.5 Å². The summed E-state index contributed by atoms with van der Waals surface area (Å²) < 4.78 is 33.6. The van der Waals surface area contributed by atoms with Crippen LogP contribution >= 0.6 is 22.9 Å². The van der Waals surface area contributed by atoms with Crippen LogP contribution in [0.1, 0.15) is 77.5 Å². The summed E-state index contributed by atoms with van der Waals surface area (Å²) in [4.78, 5) is 29.2. The Balaban J connectivity index is 1.37. The van der Waals surface area contributed by atoms with E-state index in [-0.39, 0.29) is 41.1 Å². The van der Waals surface area contributed by atoms with Crippen LogP contribution in [0, 0.1) is 18.8 Å². The average Bonchev–Trinajstić information content (AvgIpc) is 3.45. The summed E-state index contributed by atoms with van der Waals surface area (Å²) in [7, 11) is -1.70. The normalized spacial score (nSPS) is 27.8. The molecule has 3 heterocycles. The van der Waals surface area contributed by atoms with Crippen molar-refractivity contribution in [1.29, 1.82) is 0 Å². The van der Waals surface area contributed by atoms with Gasteiger partial charge in [0.15, 0.2) is 0 Å². The molecule has 6 rings (SSSR count). The lowest BCUT2D eigenvalue weighted by Gasteiger charge is -2.42. The van der Waals surface area contributed by atoms with E-state index in [1.807, 2.05) is 31.2 Å². The molecule has 2 aromatic carbocycles. The average molecular weight is 740 g/mol. The van der Waals surface area contributed by atoms with Crippen LogP contribution in [0.5, 0.6) is 5.75 Å². The molecule has 2 amide bonds. The summed E-state index contributed by atoms with van der Waals surface area (Å²) in [6.07, 6.45) is 8.40. The molecule has 0 saturated heterocycles. The minimum atomic E-state index is -3.43. The highest BCUT2D eigenvalue weighted by molar-refractivity contribution is 7.92. The predicted molar refractivity (Wildman–Crippen MR) is 199 cm³/mol. The monoisotopic (exact) mass is 739 g/mol. The minimum Gasteiger partial charge on any atom is -0.490 e. The maximum Gasteiger partial charge on any atom is 0.286 e. The second-order valence-corrected chi connectivity index (χ2v) is 17.7. The summed E-state index contributed by atoms with van der Waals surface area (Å²) >= 11 is 7.85.